The minimum absolute atomic E-state index is 0. The zero-order valence-corrected chi connectivity index (χ0v) is 14.0. The normalized spacial score (nSPS) is 30.9. The lowest BCUT2D eigenvalue weighted by molar-refractivity contribution is -0.137. The molecule has 0 radical (unpaired) electrons. The van der Waals surface area contributed by atoms with Gasteiger partial charge in [-0.3, -0.25) is 5.01 Å². The number of hydrogen-bond acceptors (Lipinski definition) is 4. The average molecular weight is 342 g/mol. The van der Waals surface area contributed by atoms with Crippen LogP contribution in [0.4, 0.5) is 13.2 Å². The smallest absolute Gasteiger partial charge is 0.306 e. The van der Waals surface area contributed by atoms with Crippen LogP contribution < -0.4 is 16.3 Å². The van der Waals surface area contributed by atoms with Crippen LogP contribution in [0.1, 0.15) is 39.2 Å². The molecule has 1 aromatic carbocycles. The molecule has 24 heavy (non-hydrogen) atoms. The third-order valence-electron chi connectivity index (χ3n) is 4.89. The summed E-state index contributed by atoms with van der Waals surface area (Å²) in [7, 11) is 1.90. The first-order chi connectivity index (χ1) is 11.2. The van der Waals surface area contributed by atoms with Gasteiger partial charge in [-0.1, -0.05) is 19.1 Å². The van der Waals surface area contributed by atoms with Crippen molar-refractivity contribution in [2.45, 2.75) is 50.4 Å². The number of hydrogen-bond donors (Lipinski definition) is 3. The Morgan fingerprint density at radius 3 is 2.42 bits per heavy atom. The molecule has 134 valence electrons. The Bertz CT molecular complexity index is 632. The second-order valence-electron chi connectivity index (χ2n) is 7.10. The zero-order chi connectivity index (χ0) is 17.5. The first kappa shape index (κ1) is 17.1. The van der Waals surface area contributed by atoms with Gasteiger partial charge in [0.2, 0.25) is 0 Å². The third kappa shape index (κ3) is 3.37. The highest BCUT2D eigenvalue weighted by Crippen LogP contribution is 2.39. The minimum atomic E-state index is -4.29. The van der Waals surface area contributed by atoms with Crippen LogP contribution >= 0.6 is 0 Å². The number of piperidine rings is 1. The van der Waals surface area contributed by atoms with Gasteiger partial charge in [-0.25, -0.2) is 0 Å². The third-order valence-corrected chi connectivity index (χ3v) is 4.89. The van der Waals surface area contributed by atoms with E-state index in [1.165, 1.54) is 12.1 Å². The Labute approximate surface area is 141 Å². The summed E-state index contributed by atoms with van der Waals surface area (Å²) in [5, 5.41) is 5.40. The van der Waals surface area contributed by atoms with Crippen molar-refractivity contribution in [2.75, 3.05) is 7.05 Å². The molecule has 3 rings (SSSR count). The minimum Gasteiger partial charge on any atom is -0.306 e. The molecule has 2 heterocycles. The molecule has 2 aliphatic rings. The number of nitrogens with one attached hydrogen (secondary N) is 3. The summed E-state index contributed by atoms with van der Waals surface area (Å²) >= 11 is 0. The molecule has 0 unspecified atom stereocenters. The van der Waals surface area contributed by atoms with Gasteiger partial charge < -0.3 is 10.7 Å². The maximum Gasteiger partial charge on any atom is 0.416 e. The summed E-state index contributed by atoms with van der Waals surface area (Å²) < 4.78 is 38.4. The van der Waals surface area contributed by atoms with E-state index in [1.807, 2.05) is 18.3 Å². The second-order valence-corrected chi connectivity index (χ2v) is 7.10. The van der Waals surface area contributed by atoms with E-state index < -0.39 is 11.7 Å². The van der Waals surface area contributed by atoms with E-state index in [2.05, 4.69) is 30.1 Å². The topological polar surface area (TPSA) is 39.3 Å². The Hall–Kier alpha value is -1.73. The van der Waals surface area contributed by atoms with E-state index in [9.17, 15) is 13.2 Å². The Kier molecular flexibility index (Phi) is 4.25. The predicted octanol–water partition coefficient (Wildman–Crippen LogP) is 3.15. The lowest BCUT2D eigenvalue weighted by Crippen LogP contribution is -2.52. The molecule has 3 N–H and O–H groups in total. The number of rotatable bonds is 2. The molecule has 0 saturated carbocycles. The second kappa shape index (κ2) is 5.97. The molecule has 4 nitrogen and oxygen atoms in total. The predicted molar refractivity (Wildman–Crippen MR) is 88.6 cm³/mol. The average Bonchev–Trinajstić information content (AvgIpc) is 2.92. The van der Waals surface area contributed by atoms with Crippen molar-refractivity contribution in [3.8, 4) is 0 Å². The fraction of sp³-hybridized carbons (Fsp3) is 0.529. The van der Waals surface area contributed by atoms with E-state index in [-0.39, 0.29) is 18.9 Å². The van der Waals surface area contributed by atoms with Crippen molar-refractivity contribution < 1.29 is 14.6 Å². The summed E-state index contributed by atoms with van der Waals surface area (Å²) in [4.78, 5) is 0. The molecular formula is C17H25F3N4. The Morgan fingerprint density at radius 2 is 1.88 bits per heavy atom. The van der Waals surface area contributed by atoms with Crippen LogP contribution in [0.15, 0.2) is 36.2 Å². The van der Waals surface area contributed by atoms with Gasteiger partial charge in [0.1, 0.15) is 0 Å². The van der Waals surface area contributed by atoms with Crippen molar-refractivity contribution in [3.05, 3.63) is 47.3 Å². The monoisotopic (exact) mass is 342 g/mol. The lowest BCUT2D eigenvalue weighted by Gasteiger charge is -2.43. The summed E-state index contributed by atoms with van der Waals surface area (Å²) in [5.41, 5.74) is 7.36. The highest BCUT2D eigenvalue weighted by Gasteiger charge is 2.39. The molecular weight excluding hydrogens is 317 g/mol. The molecule has 0 amide bonds. The maximum atomic E-state index is 12.8. The van der Waals surface area contributed by atoms with Crippen LogP contribution in [0.2, 0.25) is 0 Å². The molecule has 1 aromatic rings. The van der Waals surface area contributed by atoms with Gasteiger partial charge in [0.25, 0.3) is 0 Å². The van der Waals surface area contributed by atoms with Crippen LogP contribution in [0, 0.1) is 0 Å². The van der Waals surface area contributed by atoms with Crippen LogP contribution in [0.5, 0.6) is 0 Å². The first-order valence-electron chi connectivity index (χ1n) is 8.07. The molecule has 1 fully saturated rings. The lowest BCUT2D eigenvalue weighted by atomic mass is 9.70. The Morgan fingerprint density at radius 1 is 1.21 bits per heavy atom. The quantitative estimate of drug-likeness (QED) is 0.772. The largest absolute Gasteiger partial charge is 0.416 e. The van der Waals surface area contributed by atoms with Gasteiger partial charge in [-0.15, -0.1) is 5.53 Å². The molecule has 2 aliphatic heterocycles. The van der Waals surface area contributed by atoms with Crippen molar-refractivity contribution in [2.24, 2.45) is 0 Å². The van der Waals surface area contributed by atoms with Crippen molar-refractivity contribution >= 4 is 0 Å². The molecule has 0 spiro atoms. The summed E-state index contributed by atoms with van der Waals surface area (Å²) in [5.74, 6) is 0. The summed E-state index contributed by atoms with van der Waals surface area (Å²) in [6.07, 6.45) is -0.608. The number of hydrazine groups is 2. The molecule has 7 heteroatoms. The van der Waals surface area contributed by atoms with Crippen LogP contribution in [-0.4, -0.2) is 24.1 Å². The zero-order valence-electron chi connectivity index (χ0n) is 14.0. The molecule has 0 bridgehead atoms. The molecule has 0 aromatic heterocycles. The van der Waals surface area contributed by atoms with E-state index in [4.69, 9.17) is 0 Å². The first-order valence-corrected chi connectivity index (χ1v) is 8.07. The van der Waals surface area contributed by atoms with Crippen LogP contribution in [0.3, 0.4) is 0 Å². The number of halogens is 3. The van der Waals surface area contributed by atoms with Crippen molar-refractivity contribution in [1.82, 2.24) is 21.3 Å². The van der Waals surface area contributed by atoms with Gasteiger partial charge in [0, 0.05) is 20.7 Å². The fourth-order valence-electron chi connectivity index (χ4n) is 3.77. The van der Waals surface area contributed by atoms with E-state index in [0.29, 0.717) is 0 Å². The summed E-state index contributed by atoms with van der Waals surface area (Å²) in [6, 6.07) is 6.01. The van der Waals surface area contributed by atoms with Crippen LogP contribution in [0.25, 0.3) is 0 Å². The standard InChI is InChI=1S/C17H23F3N4.H2/c1-11-8-16(2,9-14(21-11)15-10-24(3)23-22-15)12-4-6-13(7-5-12)17(18,19)20;/h4-7,10-11,14,21-23H,8-9H2,1-3H3;1H/t11-,14-,16+;/m0./s1. The molecule has 1 saturated heterocycles. The fourth-order valence-corrected chi connectivity index (χ4v) is 3.77. The van der Waals surface area contributed by atoms with Gasteiger partial charge >= 0.3 is 6.18 Å². The number of nitrogens with zero attached hydrogens (tertiary/aromatic N) is 1. The highest BCUT2D eigenvalue weighted by molar-refractivity contribution is 5.32. The van der Waals surface area contributed by atoms with E-state index in [1.54, 1.807) is 12.1 Å². The maximum absolute atomic E-state index is 12.8. The van der Waals surface area contributed by atoms with E-state index in [0.717, 1.165) is 24.1 Å². The SMILES string of the molecule is C[C@H]1C[C@@](C)(c2ccc(C(F)(F)F)cc2)C[C@@H](C2=CN(C)NN2)N1.[HH]. The van der Waals surface area contributed by atoms with Gasteiger partial charge in [-0.2, -0.15) is 13.2 Å². The van der Waals surface area contributed by atoms with E-state index >= 15 is 0 Å². The highest BCUT2D eigenvalue weighted by atomic mass is 19.4. The molecule has 0 aliphatic carbocycles. The van der Waals surface area contributed by atoms with Crippen molar-refractivity contribution in [3.63, 3.8) is 0 Å². The number of benzene rings is 1. The van der Waals surface area contributed by atoms with Crippen LogP contribution in [-0.2, 0) is 11.6 Å². The van der Waals surface area contributed by atoms with Gasteiger partial charge in [-0.05, 0) is 42.9 Å². The molecule has 3 atom stereocenters. The Balaban J connectivity index is 0.00000225. The van der Waals surface area contributed by atoms with Gasteiger partial charge in [0.05, 0.1) is 17.3 Å². The van der Waals surface area contributed by atoms with Gasteiger partial charge in [0.15, 0.2) is 0 Å². The number of alkyl halides is 3. The summed E-state index contributed by atoms with van der Waals surface area (Å²) in [6.45, 7) is 4.24. The van der Waals surface area contributed by atoms with Crippen molar-refractivity contribution in [1.29, 1.82) is 0 Å².